The second kappa shape index (κ2) is 5.06. The van der Waals surface area contributed by atoms with E-state index in [1.165, 1.54) is 0 Å². The van der Waals surface area contributed by atoms with Gasteiger partial charge in [-0.25, -0.2) is 4.98 Å². The van der Waals surface area contributed by atoms with Crippen LogP contribution < -0.4 is 11.1 Å². The number of aryl methyl sites for hydroxylation is 1. The summed E-state index contributed by atoms with van der Waals surface area (Å²) in [6.07, 6.45) is -1.90. The number of likely N-dealkylation sites (N-methyl/N-ethyl adjacent to an activating group) is 1. The lowest BCUT2D eigenvalue weighted by molar-refractivity contribution is 0.0173. The number of pyridine rings is 1. The average molecular weight is 211 g/mol. The Balaban J connectivity index is 2.89. The quantitative estimate of drug-likeness (QED) is 0.543. The van der Waals surface area contributed by atoms with Crippen LogP contribution in [0.5, 0.6) is 0 Å². The van der Waals surface area contributed by atoms with Gasteiger partial charge in [0.1, 0.15) is 11.9 Å². The number of aliphatic hydroxyl groups is 2. The molecule has 0 aliphatic heterocycles. The van der Waals surface area contributed by atoms with Gasteiger partial charge in [0.15, 0.2) is 0 Å². The van der Waals surface area contributed by atoms with Gasteiger partial charge in [-0.1, -0.05) is 6.07 Å². The summed E-state index contributed by atoms with van der Waals surface area (Å²) in [7, 11) is 1.70. The zero-order chi connectivity index (χ0) is 11.4. The highest BCUT2D eigenvalue weighted by Crippen LogP contribution is 2.19. The molecule has 1 aromatic heterocycles. The van der Waals surface area contributed by atoms with Crippen molar-refractivity contribution in [3.8, 4) is 0 Å². The topological polar surface area (TPSA) is 91.4 Å². The number of nitrogens with zero attached hydrogens (tertiary/aromatic N) is 1. The van der Waals surface area contributed by atoms with E-state index in [1.54, 1.807) is 19.2 Å². The predicted molar refractivity (Wildman–Crippen MR) is 58.3 cm³/mol. The molecule has 1 rings (SSSR count). The summed E-state index contributed by atoms with van der Waals surface area (Å²) in [5.41, 5.74) is 6.76. The molecule has 5 heteroatoms. The molecular formula is C10H17N3O2. The van der Waals surface area contributed by atoms with Crippen LogP contribution in [0.25, 0.3) is 0 Å². The van der Waals surface area contributed by atoms with E-state index in [1.807, 2.05) is 6.92 Å². The summed E-state index contributed by atoms with van der Waals surface area (Å²) in [6, 6.07) is 3.43. The summed E-state index contributed by atoms with van der Waals surface area (Å²) in [5, 5.41) is 22.2. The van der Waals surface area contributed by atoms with Gasteiger partial charge in [-0.05, 0) is 25.6 Å². The van der Waals surface area contributed by atoms with Crippen LogP contribution in [0.15, 0.2) is 12.1 Å². The molecule has 1 heterocycles. The minimum absolute atomic E-state index is 0.303. The molecule has 5 N–H and O–H groups in total. The molecule has 0 saturated carbocycles. The number of hydrogen-bond acceptors (Lipinski definition) is 5. The van der Waals surface area contributed by atoms with Crippen LogP contribution in [0.3, 0.4) is 0 Å². The Kier molecular flexibility index (Phi) is 4.02. The van der Waals surface area contributed by atoms with Crippen LogP contribution in [0.2, 0.25) is 0 Å². The van der Waals surface area contributed by atoms with Crippen molar-refractivity contribution in [2.45, 2.75) is 19.1 Å². The molecule has 0 aliphatic rings. The molecule has 5 nitrogen and oxygen atoms in total. The maximum atomic E-state index is 9.82. The second-order valence-electron chi connectivity index (χ2n) is 3.51. The van der Waals surface area contributed by atoms with Crippen LogP contribution in [0.1, 0.15) is 17.4 Å². The Labute approximate surface area is 89.0 Å². The van der Waals surface area contributed by atoms with Gasteiger partial charge in [0, 0.05) is 6.54 Å². The van der Waals surface area contributed by atoms with Gasteiger partial charge in [0.05, 0.1) is 11.8 Å². The summed E-state index contributed by atoms with van der Waals surface area (Å²) >= 11 is 0. The van der Waals surface area contributed by atoms with E-state index in [-0.39, 0.29) is 0 Å². The highest BCUT2D eigenvalue weighted by molar-refractivity contribution is 5.34. The summed E-state index contributed by atoms with van der Waals surface area (Å²) in [4.78, 5) is 4.02. The van der Waals surface area contributed by atoms with E-state index in [0.717, 1.165) is 5.56 Å². The van der Waals surface area contributed by atoms with Crippen molar-refractivity contribution in [2.75, 3.05) is 19.3 Å². The van der Waals surface area contributed by atoms with Crippen molar-refractivity contribution in [1.82, 2.24) is 10.3 Å². The molecule has 0 bridgehead atoms. The summed E-state index contributed by atoms with van der Waals surface area (Å²) in [5.74, 6) is 0.339. The Hall–Kier alpha value is -1.17. The Bertz CT molecular complexity index is 330. The molecule has 2 atom stereocenters. The highest BCUT2D eigenvalue weighted by Gasteiger charge is 2.20. The molecule has 0 aromatic carbocycles. The SMILES string of the molecule is CNCC(O)C(O)c1nc(N)ccc1C. The lowest BCUT2D eigenvalue weighted by atomic mass is 10.1. The van der Waals surface area contributed by atoms with E-state index in [4.69, 9.17) is 5.73 Å². The fraction of sp³-hybridized carbons (Fsp3) is 0.500. The third-order valence-corrected chi connectivity index (χ3v) is 2.22. The third-order valence-electron chi connectivity index (χ3n) is 2.22. The Morgan fingerprint density at radius 3 is 2.73 bits per heavy atom. The van der Waals surface area contributed by atoms with Crippen LogP contribution >= 0.6 is 0 Å². The fourth-order valence-electron chi connectivity index (χ4n) is 1.36. The van der Waals surface area contributed by atoms with Gasteiger partial charge in [-0.3, -0.25) is 0 Å². The molecule has 2 unspecified atom stereocenters. The maximum Gasteiger partial charge on any atom is 0.123 e. The zero-order valence-electron chi connectivity index (χ0n) is 8.94. The normalized spacial score (nSPS) is 14.9. The minimum atomic E-state index is -1.01. The van der Waals surface area contributed by atoms with Crippen molar-refractivity contribution in [3.05, 3.63) is 23.4 Å². The minimum Gasteiger partial charge on any atom is -0.389 e. The molecule has 0 saturated heterocycles. The van der Waals surface area contributed by atoms with Crippen molar-refractivity contribution >= 4 is 5.82 Å². The van der Waals surface area contributed by atoms with Crippen molar-refractivity contribution in [1.29, 1.82) is 0 Å². The Morgan fingerprint density at radius 2 is 2.13 bits per heavy atom. The van der Waals surface area contributed by atoms with E-state index in [9.17, 15) is 10.2 Å². The van der Waals surface area contributed by atoms with E-state index < -0.39 is 12.2 Å². The molecular weight excluding hydrogens is 194 g/mol. The molecule has 0 fully saturated rings. The van der Waals surface area contributed by atoms with Gasteiger partial charge in [-0.2, -0.15) is 0 Å². The molecule has 1 aromatic rings. The monoisotopic (exact) mass is 211 g/mol. The first-order chi connectivity index (χ1) is 7.06. The van der Waals surface area contributed by atoms with E-state index in [2.05, 4.69) is 10.3 Å². The number of anilines is 1. The maximum absolute atomic E-state index is 9.82. The summed E-state index contributed by atoms with van der Waals surface area (Å²) in [6.45, 7) is 2.12. The Morgan fingerprint density at radius 1 is 1.47 bits per heavy atom. The van der Waals surface area contributed by atoms with E-state index >= 15 is 0 Å². The number of aromatic nitrogens is 1. The molecule has 0 radical (unpaired) electrons. The third kappa shape index (κ3) is 2.89. The van der Waals surface area contributed by atoms with Crippen LogP contribution in [-0.4, -0.2) is 34.9 Å². The largest absolute Gasteiger partial charge is 0.389 e. The smallest absolute Gasteiger partial charge is 0.123 e. The second-order valence-corrected chi connectivity index (χ2v) is 3.51. The van der Waals surface area contributed by atoms with Crippen LogP contribution in [-0.2, 0) is 0 Å². The van der Waals surface area contributed by atoms with Gasteiger partial charge >= 0.3 is 0 Å². The predicted octanol–water partition coefficient (Wildman–Crippen LogP) is -0.414. The van der Waals surface area contributed by atoms with Gasteiger partial charge in [-0.15, -0.1) is 0 Å². The first kappa shape index (κ1) is 11.9. The number of hydrogen-bond donors (Lipinski definition) is 4. The fourth-order valence-corrected chi connectivity index (χ4v) is 1.36. The summed E-state index contributed by atoms with van der Waals surface area (Å²) < 4.78 is 0. The first-order valence-electron chi connectivity index (χ1n) is 4.80. The molecule has 0 aliphatic carbocycles. The zero-order valence-corrected chi connectivity index (χ0v) is 8.94. The van der Waals surface area contributed by atoms with Crippen LogP contribution in [0, 0.1) is 6.92 Å². The molecule has 0 spiro atoms. The first-order valence-corrected chi connectivity index (χ1v) is 4.80. The lowest BCUT2D eigenvalue weighted by Gasteiger charge is -2.18. The standard InChI is InChI=1S/C10H17N3O2/c1-6-3-4-8(11)13-9(6)10(15)7(14)5-12-2/h3-4,7,10,12,14-15H,5H2,1-2H3,(H2,11,13). The highest BCUT2D eigenvalue weighted by atomic mass is 16.3. The van der Waals surface area contributed by atoms with Crippen molar-refractivity contribution in [3.63, 3.8) is 0 Å². The van der Waals surface area contributed by atoms with Gasteiger partial charge in [0.25, 0.3) is 0 Å². The number of nitrogen functional groups attached to an aromatic ring is 1. The van der Waals surface area contributed by atoms with Gasteiger partial charge < -0.3 is 21.3 Å². The molecule has 15 heavy (non-hydrogen) atoms. The van der Waals surface area contributed by atoms with Crippen molar-refractivity contribution in [2.24, 2.45) is 0 Å². The lowest BCUT2D eigenvalue weighted by Crippen LogP contribution is -2.30. The van der Waals surface area contributed by atoms with E-state index in [0.29, 0.717) is 18.1 Å². The molecule has 0 amide bonds. The number of nitrogens with two attached hydrogens (primary N) is 1. The van der Waals surface area contributed by atoms with Gasteiger partial charge in [0.2, 0.25) is 0 Å². The molecule has 84 valence electrons. The average Bonchev–Trinajstić information content (AvgIpc) is 2.21. The number of aliphatic hydroxyl groups excluding tert-OH is 2. The number of nitrogens with one attached hydrogen (secondary N) is 1. The van der Waals surface area contributed by atoms with Crippen LogP contribution in [0.4, 0.5) is 5.82 Å². The van der Waals surface area contributed by atoms with Crippen molar-refractivity contribution < 1.29 is 10.2 Å². The number of rotatable bonds is 4.